The van der Waals surface area contributed by atoms with Crippen molar-refractivity contribution in [2.24, 2.45) is 5.73 Å². The molecule has 1 aromatic rings. The number of carbonyl (C=O) groups is 1. The molecule has 0 aliphatic carbocycles. The quantitative estimate of drug-likeness (QED) is 0.848. The number of ketones is 1. The van der Waals surface area contributed by atoms with E-state index in [1.807, 2.05) is 0 Å². The van der Waals surface area contributed by atoms with E-state index >= 15 is 0 Å². The lowest BCUT2D eigenvalue weighted by atomic mass is 10.1. The van der Waals surface area contributed by atoms with Gasteiger partial charge in [0.1, 0.15) is 5.82 Å². The van der Waals surface area contributed by atoms with Crippen molar-refractivity contribution in [2.75, 3.05) is 6.54 Å². The van der Waals surface area contributed by atoms with Crippen LogP contribution in [-0.4, -0.2) is 12.3 Å². The Morgan fingerprint density at radius 3 is 2.79 bits per heavy atom. The average Bonchev–Trinajstić information content (AvgIpc) is 2.11. The zero-order valence-electron chi connectivity index (χ0n) is 7.81. The summed E-state index contributed by atoms with van der Waals surface area (Å²) >= 11 is 3.25. The number of hydrogen-bond acceptors (Lipinski definition) is 2. The van der Waals surface area contributed by atoms with Gasteiger partial charge in [-0.2, -0.15) is 0 Å². The molecule has 0 aliphatic rings. The van der Waals surface area contributed by atoms with Crippen molar-refractivity contribution >= 4 is 21.7 Å². The minimum Gasteiger partial charge on any atom is -0.330 e. The molecule has 2 N–H and O–H groups in total. The summed E-state index contributed by atoms with van der Waals surface area (Å²) < 4.78 is 14.1. The van der Waals surface area contributed by atoms with E-state index in [2.05, 4.69) is 15.9 Å². The van der Waals surface area contributed by atoms with E-state index in [-0.39, 0.29) is 24.3 Å². The molecule has 0 saturated carbocycles. The molecule has 0 atom stereocenters. The van der Waals surface area contributed by atoms with Gasteiger partial charge in [0.2, 0.25) is 0 Å². The molecule has 0 radical (unpaired) electrons. The van der Waals surface area contributed by atoms with Crippen LogP contribution in [0.2, 0.25) is 0 Å². The Morgan fingerprint density at radius 1 is 1.57 bits per heavy atom. The highest BCUT2D eigenvalue weighted by Crippen LogP contribution is 2.21. The van der Waals surface area contributed by atoms with E-state index in [0.717, 1.165) is 10.0 Å². The van der Waals surface area contributed by atoms with Gasteiger partial charge in [0, 0.05) is 10.9 Å². The van der Waals surface area contributed by atoms with Crippen LogP contribution in [0.4, 0.5) is 4.39 Å². The molecule has 76 valence electrons. The largest absolute Gasteiger partial charge is 0.330 e. The molecule has 4 heteroatoms. The SMILES string of the molecule is Cc1cc(F)c(C(=O)CCN)cc1Br. The fourth-order valence-corrected chi connectivity index (χ4v) is 1.47. The number of Topliss-reactive ketones (excluding diaryl/α,β-unsaturated/α-hetero) is 1. The normalized spacial score (nSPS) is 10.3. The van der Waals surface area contributed by atoms with Gasteiger partial charge in [0.25, 0.3) is 0 Å². The third kappa shape index (κ3) is 2.39. The maximum atomic E-state index is 13.3. The molecule has 0 amide bonds. The zero-order valence-corrected chi connectivity index (χ0v) is 9.40. The number of rotatable bonds is 3. The maximum absolute atomic E-state index is 13.3. The lowest BCUT2D eigenvalue weighted by Gasteiger charge is -2.04. The molecule has 0 fully saturated rings. The van der Waals surface area contributed by atoms with Gasteiger partial charge in [-0.3, -0.25) is 4.79 Å². The molecule has 0 heterocycles. The van der Waals surface area contributed by atoms with E-state index in [4.69, 9.17) is 5.73 Å². The molecule has 14 heavy (non-hydrogen) atoms. The van der Waals surface area contributed by atoms with Crippen molar-refractivity contribution in [2.45, 2.75) is 13.3 Å². The molecule has 1 rings (SSSR count). The van der Waals surface area contributed by atoms with Crippen LogP contribution in [0, 0.1) is 12.7 Å². The average molecular weight is 260 g/mol. The Hall–Kier alpha value is -0.740. The van der Waals surface area contributed by atoms with Gasteiger partial charge < -0.3 is 5.73 Å². The summed E-state index contributed by atoms with van der Waals surface area (Å²) in [5.41, 5.74) is 6.10. The first-order chi connectivity index (χ1) is 6.56. The number of hydrogen-bond donors (Lipinski definition) is 1. The summed E-state index contributed by atoms with van der Waals surface area (Å²) in [4.78, 5) is 11.4. The van der Waals surface area contributed by atoms with Crippen LogP contribution in [0.3, 0.4) is 0 Å². The predicted molar refractivity (Wildman–Crippen MR) is 56.8 cm³/mol. The molecule has 0 unspecified atom stereocenters. The third-order valence-electron chi connectivity index (χ3n) is 1.92. The smallest absolute Gasteiger partial charge is 0.167 e. The van der Waals surface area contributed by atoms with Gasteiger partial charge in [-0.05, 0) is 31.2 Å². The number of carbonyl (C=O) groups excluding carboxylic acids is 1. The number of aryl methyl sites for hydroxylation is 1. The predicted octanol–water partition coefficient (Wildman–Crippen LogP) is 2.43. The minimum absolute atomic E-state index is 0.105. The van der Waals surface area contributed by atoms with Gasteiger partial charge in [0.05, 0.1) is 5.56 Å². The lowest BCUT2D eigenvalue weighted by Crippen LogP contribution is -2.10. The highest BCUT2D eigenvalue weighted by atomic mass is 79.9. The number of benzene rings is 1. The molecule has 0 aliphatic heterocycles. The van der Waals surface area contributed by atoms with Crippen LogP contribution >= 0.6 is 15.9 Å². The van der Waals surface area contributed by atoms with Crippen molar-refractivity contribution < 1.29 is 9.18 Å². The molecule has 0 spiro atoms. The van der Waals surface area contributed by atoms with Crippen LogP contribution in [0.5, 0.6) is 0 Å². The molecule has 0 aromatic heterocycles. The molecule has 0 saturated heterocycles. The molecule has 1 aromatic carbocycles. The van der Waals surface area contributed by atoms with Crippen molar-refractivity contribution in [1.29, 1.82) is 0 Å². The lowest BCUT2D eigenvalue weighted by molar-refractivity contribution is 0.0981. The maximum Gasteiger partial charge on any atom is 0.167 e. The Labute approximate surface area is 90.4 Å². The molecular formula is C10H11BrFNO. The first-order valence-electron chi connectivity index (χ1n) is 4.25. The minimum atomic E-state index is -0.482. The second kappa shape index (κ2) is 4.66. The highest BCUT2D eigenvalue weighted by Gasteiger charge is 2.12. The Balaban J connectivity index is 3.09. The molecular weight excluding hydrogens is 249 g/mol. The summed E-state index contributed by atoms with van der Waals surface area (Å²) in [5.74, 6) is -0.741. The van der Waals surface area contributed by atoms with Gasteiger partial charge in [-0.25, -0.2) is 4.39 Å². The fraction of sp³-hybridized carbons (Fsp3) is 0.300. The van der Waals surface area contributed by atoms with Crippen LogP contribution in [-0.2, 0) is 0 Å². The molecule has 0 bridgehead atoms. The highest BCUT2D eigenvalue weighted by molar-refractivity contribution is 9.10. The molecule has 2 nitrogen and oxygen atoms in total. The topological polar surface area (TPSA) is 43.1 Å². The Bertz CT molecular complexity index is 365. The first-order valence-corrected chi connectivity index (χ1v) is 5.04. The summed E-state index contributed by atoms with van der Waals surface area (Å²) in [5, 5.41) is 0. The standard InChI is InChI=1S/C10H11BrFNO/c1-6-4-9(12)7(5-8(6)11)10(14)2-3-13/h4-5H,2-3,13H2,1H3. The van der Waals surface area contributed by atoms with Gasteiger partial charge >= 0.3 is 0 Å². The van der Waals surface area contributed by atoms with Crippen LogP contribution in [0.1, 0.15) is 22.3 Å². The van der Waals surface area contributed by atoms with Crippen molar-refractivity contribution in [3.8, 4) is 0 Å². The van der Waals surface area contributed by atoms with E-state index in [0.29, 0.717) is 0 Å². The summed E-state index contributed by atoms with van der Waals surface area (Å²) in [6.45, 7) is 2.01. The summed E-state index contributed by atoms with van der Waals surface area (Å²) in [6, 6.07) is 2.84. The van der Waals surface area contributed by atoms with Crippen molar-refractivity contribution in [3.63, 3.8) is 0 Å². The van der Waals surface area contributed by atoms with E-state index in [1.54, 1.807) is 6.92 Å². The first kappa shape index (κ1) is 11.3. The van der Waals surface area contributed by atoms with E-state index < -0.39 is 5.82 Å². The van der Waals surface area contributed by atoms with Gasteiger partial charge in [-0.15, -0.1) is 0 Å². The van der Waals surface area contributed by atoms with Crippen molar-refractivity contribution in [3.05, 3.63) is 33.5 Å². The van der Waals surface area contributed by atoms with Crippen LogP contribution in [0.25, 0.3) is 0 Å². The van der Waals surface area contributed by atoms with Crippen LogP contribution in [0.15, 0.2) is 16.6 Å². The fourth-order valence-electron chi connectivity index (χ4n) is 1.13. The van der Waals surface area contributed by atoms with Gasteiger partial charge in [0.15, 0.2) is 5.78 Å². The zero-order chi connectivity index (χ0) is 10.7. The second-order valence-corrected chi connectivity index (χ2v) is 3.90. The number of halogens is 2. The number of nitrogens with two attached hydrogens (primary N) is 1. The summed E-state index contributed by atoms with van der Waals surface area (Å²) in [6.07, 6.45) is 0.173. The van der Waals surface area contributed by atoms with E-state index in [9.17, 15) is 9.18 Å². The van der Waals surface area contributed by atoms with Crippen molar-refractivity contribution in [1.82, 2.24) is 0 Å². The Kier molecular flexibility index (Phi) is 3.77. The monoisotopic (exact) mass is 259 g/mol. The van der Waals surface area contributed by atoms with Crippen LogP contribution < -0.4 is 5.73 Å². The Morgan fingerprint density at radius 2 is 2.21 bits per heavy atom. The second-order valence-electron chi connectivity index (χ2n) is 3.04. The van der Waals surface area contributed by atoms with Gasteiger partial charge in [-0.1, -0.05) is 15.9 Å². The summed E-state index contributed by atoms with van der Waals surface area (Å²) in [7, 11) is 0. The van der Waals surface area contributed by atoms with E-state index in [1.165, 1.54) is 12.1 Å². The third-order valence-corrected chi connectivity index (χ3v) is 2.77.